The fourth-order valence-electron chi connectivity index (χ4n) is 1.49. The van der Waals surface area contributed by atoms with Crippen LogP contribution in [0.5, 0.6) is 0 Å². The molecule has 0 aliphatic rings. The zero-order valence-corrected chi connectivity index (χ0v) is 13.6. The standard InChI is InChI=1S/C15H21N5O3/c1-10(9-12(21)17-11-7-5-6-8-16-11)19-20-14(23)13(22)18-15(2,3)4/h5-8H,9H2,1-4H3,(H,18,22)(H,20,23)(H,16,17,21). The number of hydrogen-bond donors (Lipinski definition) is 3. The summed E-state index contributed by atoms with van der Waals surface area (Å²) >= 11 is 0. The number of amides is 3. The molecule has 1 aromatic heterocycles. The Hall–Kier alpha value is -2.77. The molecule has 0 spiro atoms. The Labute approximate surface area is 134 Å². The second-order valence-corrected chi connectivity index (χ2v) is 5.93. The molecular weight excluding hydrogens is 298 g/mol. The van der Waals surface area contributed by atoms with Crippen molar-refractivity contribution in [3.63, 3.8) is 0 Å². The van der Waals surface area contributed by atoms with Crippen molar-refractivity contribution < 1.29 is 14.4 Å². The quantitative estimate of drug-likeness (QED) is 0.433. The summed E-state index contributed by atoms with van der Waals surface area (Å²) < 4.78 is 0. The van der Waals surface area contributed by atoms with Gasteiger partial charge in [0.15, 0.2) is 0 Å². The van der Waals surface area contributed by atoms with Gasteiger partial charge < -0.3 is 10.6 Å². The first-order chi connectivity index (χ1) is 10.7. The van der Waals surface area contributed by atoms with Crippen molar-refractivity contribution in [2.45, 2.75) is 39.7 Å². The van der Waals surface area contributed by atoms with Gasteiger partial charge in [0.05, 0.1) is 6.42 Å². The van der Waals surface area contributed by atoms with Crippen LogP contribution in [-0.2, 0) is 14.4 Å². The Kier molecular flexibility index (Phi) is 6.37. The summed E-state index contributed by atoms with van der Waals surface area (Å²) in [7, 11) is 0. The molecule has 1 aromatic rings. The summed E-state index contributed by atoms with van der Waals surface area (Å²) in [5, 5.41) is 8.83. The number of carbonyl (C=O) groups excluding carboxylic acids is 3. The molecule has 0 radical (unpaired) electrons. The van der Waals surface area contributed by atoms with Crippen molar-refractivity contribution in [2.75, 3.05) is 5.32 Å². The van der Waals surface area contributed by atoms with Gasteiger partial charge in [-0.1, -0.05) is 6.07 Å². The van der Waals surface area contributed by atoms with Gasteiger partial charge in [-0.3, -0.25) is 14.4 Å². The fraction of sp³-hybridized carbons (Fsp3) is 0.400. The molecule has 0 bridgehead atoms. The zero-order chi connectivity index (χ0) is 17.5. The van der Waals surface area contributed by atoms with Gasteiger partial charge in [0.1, 0.15) is 5.82 Å². The number of rotatable bonds is 4. The lowest BCUT2D eigenvalue weighted by Crippen LogP contribution is -2.47. The van der Waals surface area contributed by atoms with Gasteiger partial charge in [-0.2, -0.15) is 5.10 Å². The molecule has 124 valence electrons. The summed E-state index contributed by atoms with van der Waals surface area (Å²) in [6.07, 6.45) is 1.53. The number of carbonyl (C=O) groups is 3. The van der Waals surface area contributed by atoms with Gasteiger partial charge >= 0.3 is 11.8 Å². The molecule has 0 unspecified atom stereocenters. The molecule has 3 N–H and O–H groups in total. The average Bonchev–Trinajstić information content (AvgIpc) is 2.43. The predicted octanol–water partition coefficient (Wildman–Crippen LogP) is 0.817. The Morgan fingerprint density at radius 1 is 1.17 bits per heavy atom. The third-order valence-electron chi connectivity index (χ3n) is 2.39. The van der Waals surface area contributed by atoms with Crippen LogP contribution < -0.4 is 16.1 Å². The largest absolute Gasteiger partial charge is 0.343 e. The summed E-state index contributed by atoms with van der Waals surface area (Å²) in [5.41, 5.74) is 1.95. The number of nitrogens with one attached hydrogen (secondary N) is 3. The molecule has 3 amide bonds. The van der Waals surface area contributed by atoms with Crippen molar-refractivity contribution in [1.82, 2.24) is 15.7 Å². The van der Waals surface area contributed by atoms with E-state index >= 15 is 0 Å². The van der Waals surface area contributed by atoms with Crippen LogP contribution in [0.25, 0.3) is 0 Å². The number of nitrogens with zero attached hydrogens (tertiary/aromatic N) is 2. The first-order valence-electron chi connectivity index (χ1n) is 7.04. The van der Waals surface area contributed by atoms with E-state index in [-0.39, 0.29) is 12.3 Å². The summed E-state index contributed by atoms with van der Waals surface area (Å²) in [5.74, 6) is -1.56. The minimum atomic E-state index is -0.885. The molecule has 0 saturated carbocycles. The van der Waals surface area contributed by atoms with E-state index in [4.69, 9.17) is 0 Å². The summed E-state index contributed by atoms with van der Waals surface area (Å²) in [6, 6.07) is 5.14. The van der Waals surface area contributed by atoms with Crippen molar-refractivity contribution in [3.8, 4) is 0 Å². The molecule has 23 heavy (non-hydrogen) atoms. The van der Waals surface area contributed by atoms with E-state index in [2.05, 4.69) is 26.1 Å². The van der Waals surface area contributed by atoms with E-state index in [1.54, 1.807) is 52.1 Å². The highest BCUT2D eigenvalue weighted by atomic mass is 16.2. The number of aromatic nitrogens is 1. The molecule has 0 aliphatic heterocycles. The molecule has 0 fully saturated rings. The van der Waals surface area contributed by atoms with Crippen molar-refractivity contribution in [1.29, 1.82) is 0 Å². The lowest BCUT2D eigenvalue weighted by Gasteiger charge is -2.19. The summed E-state index contributed by atoms with van der Waals surface area (Å²) in [4.78, 5) is 38.8. The second-order valence-electron chi connectivity index (χ2n) is 5.93. The Bertz CT molecular complexity index is 605. The van der Waals surface area contributed by atoms with E-state index in [1.165, 1.54) is 0 Å². The van der Waals surface area contributed by atoms with E-state index in [9.17, 15) is 14.4 Å². The maximum absolute atomic E-state index is 11.8. The Morgan fingerprint density at radius 3 is 2.43 bits per heavy atom. The fourth-order valence-corrected chi connectivity index (χ4v) is 1.49. The van der Waals surface area contributed by atoms with Crippen LogP contribution in [0, 0.1) is 0 Å². The van der Waals surface area contributed by atoms with E-state index in [0.717, 1.165) is 0 Å². The van der Waals surface area contributed by atoms with Crippen LogP contribution in [0.2, 0.25) is 0 Å². The molecular formula is C15H21N5O3. The highest BCUT2D eigenvalue weighted by molar-refractivity contribution is 6.35. The van der Waals surface area contributed by atoms with Gasteiger partial charge in [-0.15, -0.1) is 0 Å². The van der Waals surface area contributed by atoms with Crippen LogP contribution in [0.4, 0.5) is 5.82 Å². The van der Waals surface area contributed by atoms with Crippen molar-refractivity contribution in [3.05, 3.63) is 24.4 Å². The van der Waals surface area contributed by atoms with Crippen LogP contribution in [-0.4, -0.2) is 34.0 Å². The Balaban J connectivity index is 2.46. The third-order valence-corrected chi connectivity index (χ3v) is 2.39. The molecule has 0 atom stereocenters. The molecule has 1 rings (SSSR count). The highest BCUT2D eigenvalue weighted by Gasteiger charge is 2.19. The molecule has 0 saturated heterocycles. The first-order valence-corrected chi connectivity index (χ1v) is 7.04. The van der Waals surface area contributed by atoms with Gasteiger partial charge in [-0.25, -0.2) is 10.4 Å². The van der Waals surface area contributed by atoms with Gasteiger partial charge in [0, 0.05) is 17.4 Å². The maximum Gasteiger partial charge on any atom is 0.329 e. The first kappa shape index (κ1) is 18.3. The number of pyridine rings is 1. The van der Waals surface area contributed by atoms with Crippen LogP contribution >= 0.6 is 0 Å². The summed E-state index contributed by atoms with van der Waals surface area (Å²) in [6.45, 7) is 6.85. The highest BCUT2D eigenvalue weighted by Crippen LogP contribution is 2.01. The van der Waals surface area contributed by atoms with Gasteiger partial charge in [0.25, 0.3) is 0 Å². The second kappa shape index (κ2) is 8.02. The molecule has 1 heterocycles. The van der Waals surface area contributed by atoms with Crippen LogP contribution in [0.3, 0.4) is 0 Å². The van der Waals surface area contributed by atoms with Gasteiger partial charge in [0.2, 0.25) is 5.91 Å². The van der Waals surface area contributed by atoms with Gasteiger partial charge in [-0.05, 0) is 39.8 Å². The SMILES string of the molecule is CC(CC(=O)Nc1ccccn1)=NNC(=O)C(=O)NC(C)(C)C. The topological polar surface area (TPSA) is 113 Å². The van der Waals surface area contributed by atoms with E-state index in [0.29, 0.717) is 11.5 Å². The smallest absolute Gasteiger partial charge is 0.329 e. The number of hydrazone groups is 1. The lowest BCUT2D eigenvalue weighted by molar-refractivity contribution is -0.140. The number of anilines is 1. The van der Waals surface area contributed by atoms with E-state index in [1.807, 2.05) is 0 Å². The van der Waals surface area contributed by atoms with Crippen molar-refractivity contribution in [2.24, 2.45) is 5.10 Å². The van der Waals surface area contributed by atoms with Crippen LogP contribution in [0.15, 0.2) is 29.5 Å². The third kappa shape index (κ3) is 7.70. The molecule has 0 aromatic carbocycles. The monoisotopic (exact) mass is 319 g/mol. The molecule has 8 nitrogen and oxygen atoms in total. The average molecular weight is 319 g/mol. The Morgan fingerprint density at radius 2 is 1.87 bits per heavy atom. The molecule has 0 aliphatic carbocycles. The lowest BCUT2D eigenvalue weighted by atomic mass is 10.1. The molecule has 8 heteroatoms. The predicted molar refractivity (Wildman–Crippen MR) is 86.6 cm³/mol. The normalized spacial score (nSPS) is 11.6. The van der Waals surface area contributed by atoms with Crippen molar-refractivity contribution >= 4 is 29.3 Å². The van der Waals surface area contributed by atoms with Crippen LogP contribution in [0.1, 0.15) is 34.1 Å². The minimum absolute atomic E-state index is 0.0300. The minimum Gasteiger partial charge on any atom is -0.343 e. The van der Waals surface area contributed by atoms with E-state index < -0.39 is 17.4 Å². The number of hydrogen-bond acceptors (Lipinski definition) is 5. The maximum atomic E-state index is 11.8. The zero-order valence-electron chi connectivity index (χ0n) is 13.6.